The van der Waals surface area contributed by atoms with Crippen molar-refractivity contribution in [1.29, 1.82) is 0 Å². The summed E-state index contributed by atoms with van der Waals surface area (Å²) in [6, 6.07) is 16.5. The van der Waals surface area contributed by atoms with E-state index in [1.807, 2.05) is 35.8 Å². The molecule has 2 aromatic carbocycles. The van der Waals surface area contributed by atoms with Crippen molar-refractivity contribution >= 4 is 10.9 Å². The van der Waals surface area contributed by atoms with E-state index in [4.69, 9.17) is 0 Å². The van der Waals surface area contributed by atoms with Gasteiger partial charge < -0.3 is 9.88 Å². The lowest BCUT2D eigenvalue weighted by molar-refractivity contribution is 0.659. The fraction of sp³-hybridized carbons (Fsp3) is 0.292. The molecule has 0 aliphatic heterocycles. The Kier molecular flexibility index (Phi) is 5.77. The highest BCUT2D eigenvalue weighted by Crippen LogP contribution is 2.18. The highest BCUT2D eigenvalue weighted by molar-refractivity contribution is 5.80. The molecular formula is C24H27N5O. The van der Waals surface area contributed by atoms with E-state index in [0.29, 0.717) is 26.1 Å². The number of aryl methyl sites for hydroxylation is 3. The molecule has 154 valence electrons. The van der Waals surface area contributed by atoms with Crippen molar-refractivity contribution in [1.82, 2.24) is 25.1 Å². The molecule has 0 amide bonds. The number of nitrogens with one attached hydrogen (secondary N) is 2. The molecule has 4 aromatic rings. The molecule has 0 spiro atoms. The van der Waals surface area contributed by atoms with Gasteiger partial charge in [-0.2, -0.15) is 5.10 Å². The highest BCUT2D eigenvalue weighted by atomic mass is 16.1. The van der Waals surface area contributed by atoms with Crippen molar-refractivity contribution in [2.45, 2.75) is 40.3 Å². The molecule has 0 aliphatic rings. The summed E-state index contributed by atoms with van der Waals surface area (Å²) < 4.78 is 1.90. The first-order valence-electron chi connectivity index (χ1n) is 10.3. The molecule has 30 heavy (non-hydrogen) atoms. The van der Waals surface area contributed by atoms with Crippen molar-refractivity contribution in [2.75, 3.05) is 6.54 Å². The number of benzene rings is 2. The Balaban J connectivity index is 1.61. The largest absolute Gasteiger partial charge is 0.312 e. The number of nitrogens with zero attached hydrogens (tertiary/aromatic N) is 3. The maximum atomic E-state index is 13.3. The van der Waals surface area contributed by atoms with E-state index in [0.717, 1.165) is 33.7 Å². The fourth-order valence-corrected chi connectivity index (χ4v) is 3.73. The lowest BCUT2D eigenvalue weighted by atomic mass is 10.1. The van der Waals surface area contributed by atoms with Crippen LogP contribution >= 0.6 is 0 Å². The second-order valence-corrected chi connectivity index (χ2v) is 7.81. The van der Waals surface area contributed by atoms with Gasteiger partial charge in [0.1, 0.15) is 5.82 Å². The first kappa shape index (κ1) is 20.0. The molecule has 0 bridgehead atoms. The standard InChI is InChI=1S/C24H27N5O/c1-16-8-9-22-20(12-16)13-21(14-25-11-10-23-26-18(3)27-28-23)24(30)29(22)15-19-7-5-4-6-17(19)2/h4-9,12-13,25H,10-11,14-15H2,1-3H3,(H,26,27,28). The van der Waals surface area contributed by atoms with Gasteiger partial charge in [-0.25, -0.2) is 4.98 Å². The SMILES string of the molecule is Cc1ccc2c(c1)cc(CNCCc1n[nH]c(C)n1)c(=O)n2Cc1ccccc1C. The molecule has 0 aliphatic carbocycles. The predicted molar refractivity (Wildman–Crippen MR) is 120 cm³/mol. The van der Waals surface area contributed by atoms with Crippen molar-refractivity contribution in [2.24, 2.45) is 0 Å². The van der Waals surface area contributed by atoms with Crippen LogP contribution in [0.15, 0.2) is 53.3 Å². The Hall–Kier alpha value is -3.25. The number of aromatic nitrogens is 4. The molecule has 2 heterocycles. The van der Waals surface area contributed by atoms with Crippen LogP contribution in [0.3, 0.4) is 0 Å². The number of hydrogen-bond acceptors (Lipinski definition) is 4. The zero-order chi connectivity index (χ0) is 21.1. The number of hydrogen-bond donors (Lipinski definition) is 2. The highest BCUT2D eigenvalue weighted by Gasteiger charge is 2.11. The summed E-state index contributed by atoms with van der Waals surface area (Å²) >= 11 is 0. The molecule has 0 fully saturated rings. The molecule has 0 radical (unpaired) electrons. The predicted octanol–water partition coefficient (Wildman–Crippen LogP) is 3.43. The Morgan fingerprint density at radius 3 is 2.63 bits per heavy atom. The van der Waals surface area contributed by atoms with Crippen LogP contribution in [0, 0.1) is 20.8 Å². The minimum atomic E-state index is 0.0517. The third-order valence-electron chi connectivity index (χ3n) is 5.40. The lowest BCUT2D eigenvalue weighted by Crippen LogP contribution is -2.29. The van der Waals surface area contributed by atoms with E-state index in [1.54, 1.807) is 0 Å². The molecule has 0 saturated heterocycles. The van der Waals surface area contributed by atoms with E-state index in [9.17, 15) is 4.79 Å². The van der Waals surface area contributed by atoms with Crippen molar-refractivity contribution in [3.05, 3.63) is 92.8 Å². The summed E-state index contributed by atoms with van der Waals surface area (Å²) in [5.74, 6) is 1.60. The van der Waals surface area contributed by atoms with Crippen LogP contribution in [0.25, 0.3) is 10.9 Å². The Morgan fingerprint density at radius 1 is 1.03 bits per heavy atom. The van der Waals surface area contributed by atoms with E-state index in [2.05, 4.69) is 58.6 Å². The summed E-state index contributed by atoms with van der Waals surface area (Å²) in [4.78, 5) is 17.7. The maximum absolute atomic E-state index is 13.3. The van der Waals surface area contributed by atoms with Gasteiger partial charge >= 0.3 is 0 Å². The van der Waals surface area contributed by atoms with Crippen LogP contribution in [0.2, 0.25) is 0 Å². The number of aromatic amines is 1. The molecule has 0 unspecified atom stereocenters. The molecule has 4 rings (SSSR count). The van der Waals surface area contributed by atoms with Gasteiger partial charge in [0, 0.05) is 25.1 Å². The van der Waals surface area contributed by atoms with E-state index >= 15 is 0 Å². The van der Waals surface area contributed by atoms with Crippen LogP contribution in [0.5, 0.6) is 0 Å². The molecule has 2 aromatic heterocycles. The van der Waals surface area contributed by atoms with Gasteiger partial charge in [-0.15, -0.1) is 0 Å². The monoisotopic (exact) mass is 401 g/mol. The average Bonchev–Trinajstić information content (AvgIpc) is 3.14. The van der Waals surface area contributed by atoms with Crippen molar-refractivity contribution in [3.63, 3.8) is 0 Å². The summed E-state index contributed by atoms with van der Waals surface area (Å²) in [6.07, 6.45) is 0.717. The van der Waals surface area contributed by atoms with E-state index in [-0.39, 0.29) is 5.56 Å². The quantitative estimate of drug-likeness (QED) is 0.465. The first-order valence-corrected chi connectivity index (χ1v) is 10.3. The van der Waals surface area contributed by atoms with Gasteiger partial charge in [-0.05, 0) is 55.5 Å². The summed E-state index contributed by atoms with van der Waals surface area (Å²) in [7, 11) is 0. The lowest BCUT2D eigenvalue weighted by Gasteiger charge is -2.15. The van der Waals surface area contributed by atoms with Crippen LogP contribution < -0.4 is 10.9 Å². The first-order chi connectivity index (χ1) is 14.5. The Bertz CT molecular complexity index is 1240. The fourth-order valence-electron chi connectivity index (χ4n) is 3.73. The Morgan fingerprint density at radius 2 is 1.87 bits per heavy atom. The van der Waals surface area contributed by atoms with E-state index in [1.165, 1.54) is 11.1 Å². The topological polar surface area (TPSA) is 75.6 Å². The molecule has 6 nitrogen and oxygen atoms in total. The summed E-state index contributed by atoms with van der Waals surface area (Å²) in [5.41, 5.74) is 5.32. The summed E-state index contributed by atoms with van der Waals surface area (Å²) in [5, 5.41) is 11.5. The number of H-pyrrole nitrogens is 1. The molecule has 0 saturated carbocycles. The van der Waals surface area contributed by atoms with Gasteiger partial charge in [0.15, 0.2) is 5.82 Å². The minimum Gasteiger partial charge on any atom is -0.312 e. The normalized spacial score (nSPS) is 11.3. The van der Waals surface area contributed by atoms with Crippen LogP contribution in [0.4, 0.5) is 0 Å². The molecule has 6 heteroatoms. The zero-order valence-corrected chi connectivity index (χ0v) is 17.7. The van der Waals surface area contributed by atoms with Gasteiger partial charge in [-0.1, -0.05) is 35.9 Å². The third kappa shape index (κ3) is 4.33. The van der Waals surface area contributed by atoms with Crippen LogP contribution in [-0.2, 0) is 19.5 Å². The van der Waals surface area contributed by atoms with Gasteiger partial charge in [-0.3, -0.25) is 9.89 Å². The Labute approximate surface area is 176 Å². The van der Waals surface area contributed by atoms with Gasteiger partial charge in [0.2, 0.25) is 0 Å². The third-order valence-corrected chi connectivity index (χ3v) is 5.40. The molecule has 0 atom stereocenters. The maximum Gasteiger partial charge on any atom is 0.255 e. The molecule has 2 N–H and O–H groups in total. The second kappa shape index (κ2) is 8.63. The number of fused-ring (bicyclic) bond motifs is 1. The van der Waals surface area contributed by atoms with Gasteiger partial charge in [0.05, 0.1) is 12.1 Å². The number of pyridine rings is 1. The summed E-state index contributed by atoms with van der Waals surface area (Å²) in [6.45, 7) is 7.84. The number of rotatable bonds is 7. The minimum absolute atomic E-state index is 0.0517. The van der Waals surface area contributed by atoms with Crippen LogP contribution in [0.1, 0.15) is 33.9 Å². The molecular weight excluding hydrogens is 374 g/mol. The average molecular weight is 402 g/mol. The van der Waals surface area contributed by atoms with Gasteiger partial charge in [0.25, 0.3) is 5.56 Å². The van der Waals surface area contributed by atoms with Crippen LogP contribution in [-0.4, -0.2) is 26.3 Å². The van der Waals surface area contributed by atoms with E-state index < -0.39 is 0 Å². The smallest absolute Gasteiger partial charge is 0.255 e. The van der Waals surface area contributed by atoms with Crippen molar-refractivity contribution < 1.29 is 0 Å². The zero-order valence-electron chi connectivity index (χ0n) is 17.7. The second-order valence-electron chi connectivity index (χ2n) is 7.81. The van der Waals surface area contributed by atoms with Crippen molar-refractivity contribution in [3.8, 4) is 0 Å².